The first-order valence-electron chi connectivity index (χ1n) is 16.2. The second kappa shape index (κ2) is 13.9. The Hall–Kier alpha value is -3.50. The monoisotopic (exact) mass is 906 g/mol. The van der Waals surface area contributed by atoms with Crippen LogP contribution in [0.4, 0.5) is 0 Å². The molecule has 3 atom stereocenters. The molecule has 8 rings (SSSR count). The van der Waals surface area contributed by atoms with Crippen LogP contribution in [0.25, 0.3) is 0 Å². The Morgan fingerprint density at radius 3 is 1.70 bits per heavy atom. The van der Waals surface area contributed by atoms with E-state index in [2.05, 4.69) is 213 Å². The van der Waals surface area contributed by atoms with Crippen molar-refractivity contribution < 1.29 is 0 Å². The largest absolute Gasteiger partial charge is 0.288 e. The summed E-state index contributed by atoms with van der Waals surface area (Å²) in [6.07, 6.45) is 1.56. The van der Waals surface area contributed by atoms with E-state index in [0.29, 0.717) is 0 Å². The maximum absolute atomic E-state index is 5.74. The van der Waals surface area contributed by atoms with E-state index in [4.69, 9.17) is 9.98 Å². The van der Waals surface area contributed by atoms with Crippen LogP contribution in [0.2, 0.25) is 0 Å². The van der Waals surface area contributed by atoms with E-state index in [1.807, 2.05) is 24.4 Å². The molecule has 246 valence electrons. The highest BCUT2D eigenvalue weighted by molar-refractivity contribution is 9.11. The molecule has 4 nitrogen and oxygen atoms in total. The van der Waals surface area contributed by atoms with Gasteiger partial charge in [-0.2, -0.15) is 0 Å². The SMILES string of the molecule is Brc1ccc(C2NC(c3ccccc3)C(c3ccccc3)(c3ccccc3)N2C2(c3ccc(Br)cc3Br)N=CC(c3ccccc3)=N2)c(Br)c1. The first-order chi connectivity index (χ1) is 24.4. The van der Waals surface area contributed by atoms with E-state index in [-0.39, 0.29) is 12.2 Å². The van der Waals surface area contributed by atoms with E-state index in [1.165, 1.54) is 0 Å². The molecule has 0 spiro atoms. The highest BCUT2D eigenvalue weighted by atomic mass is 79.9. The second-order valence-electron chi connectivity index (χ2n) is 12.3. The lowest BCUT2D eigenvalue weighted by Crippen LogP contribution is -2.55. The van der Waals surface area contributed by atoms with Gasteiger partial charge < -0.3 is 0 Å². The Morgan fingerprint density at radius 2 is 1.12 bits per heavy atom. The van der Waals surface area contributed by atoms with Crippen LogP contribution < -0.4 is 5.32 Å². The lowest BCUT2D eigenvalue weighted by Gasteiger charge is -2.50. The Labute approximate surface area is 325 Å². The molecule has 2 aliphatic rings. The van der Waals surface area contributed by atoms with E-state index >= 15 is 0 Å². The van der Waals surface area contributed by atoms with Crippen molar-refractivity contribution in [2.24, 2.45) is 9.98 Å². The summed E-state index contributed by atoms with van der Waals surface area (Å²) >= 11 is 15.4. The Bertz CT molecular complexity index is 2170. The Balaban J connectivity index is 1.55. The Morgan fingerprint density at radius 1 is 0.580 bits per heavy atom. The van der Waals surface area contributed by atoms with Gasteiger partial charge in [-0.25, -0.2) is 14.9 Å². The molecular formula is C42H30Br4N4. The van der Waals surface area contributed by atoms with Gasteiger partial charge in [-0.1, -0.05) is 197 Å². The molecule has 0 amide bonds. The molecule has 50 heavy (non-hydrogen) atoms. The molecule has 6 aromatic rings. The number of hydrogen-bond donors (Lipinski definition) is 1. The standard InChI is InChI=1S/C42H30Br4N4/c43-32-21-23-34(36(45)25-32)40-48-39(29-15-7-2-8-16-29)41(30-17-9-3-10-18-30,31-19-11-4-12-20-31)50(40)42(35-24-22-33(44)26-37(35)46)47-27-38(49-42)28-13-5-1-6-14-28/h1-27,39-40,48H. The lowest BCUT2D eigenvalue weighted by atomic mass is 9.73. The minimum Gasteiger partial charge on any atom is -0.288 e. The normalized spacial score (nSPS) is 21.3. The van der Waals surface area contributed by atoms with Crippen LogP contribution in [-0.2, 0) is 11.3 Å². The number of halogens is 4. The van der Waals surface area contributed by atoms with Crippen molar-refractivity contribution in [3.05, 3.63) is 209 Å². The molecule has 1 fully saturated rings. The van der Waals surface area contributed by atoms with Gasteiger partial charge in [-0.3, -0.25) is 5.32 Å². The highest BCUT2D eigenvalue weighted by Gasteiger charge is 2.64. The molecule has 6 aromatic carbocycles. The van der Waals surface area contributed by atoms with Gasteiger partial charge in [0.05, 0.1) is 29.7 Å². The number of hydrogen-bond acceptors (Lipinski definition) is 4. The summed E-state index contributed by atoms with van der Waals surface area (Å²) in [5.74, 6) is -1.23. The Kier molecular flexibility index (Phi) is 9.35. The van der Waals surface area contributed by atoms with Gasteiger partial charge in [0.1, 0.15) is 0 Å². The number of rotatable bonds is 7. The van der Waals surface area contributed by atoms with Crippen molar-refractivity contribution in [2.45, 2.75) is 23.5 Å². The summed E-state index contributed by atoms with van der Waals surface area (Å²) in [5, 5.41) is 4.19. The fraction of sp³-hybridized carbons (Fsp3) is 0.0952. The molecule has 2 aliphatic heterocycles. The quantitative estimate of drug-likeness (QED) is 0.173. The van der Waals surface area contributed by atoms with Gasteiger partial charge in [-0.05, 0) is 46.5 Å². The third kappa shape index (κ3) is 5.70. The van der Waals surface area contributed by atoms with Crippen LogP contribution in [0.15, 0.2) is 186 Å². The molecule has 8 heteroatoms. The molecule has 0 saturated carbocycles. The average Bonchev–Trinajstić information content (AvgIpc) is 3.75. The second-order valence-corrected chi connectivity index (χ2v) is 15.9. The van der Waals surface area contributed by atoms with Gasteiger partial charge in [-0.15, -0.1) is 0 Å². The van der Waals surface area contributed by atoms with E-state index < -0.39 is 11.3 Å². The summed E-state index contributed by atoms with van der Waals surface area (Å²) < 4.78 is 3.82. The maximum Gasteiger partial charge on any atom is 0.238 e. The van der Waals surface area contributed by atoms with Gasteiger partial charge in [0.25, 0.3) is 0 Å². The molecule has 0 bridgehead atoms. The minimum absolute atomic E-state index is 0.230. The predicted molar refractivity (Wildman–Crippen MR) is 217 cm³/mol. The average molecular weight is 910 g/mol. The first-order valence-corrected chi connectivity index (χ1v) is 19.4. The summed E-state index contributed by atoms with van der Waals surface area (Å²) in [6, 6.07) is 55.1. The van der Waals surface area contributed by atoms with E-state index in [0.717, 1.165) is 57.0 Å². The zero-order valence-corrected chi connectivity index (χ0v) is 32.9. The molecule has 3 unspecified atom stereocenters. The van der Waals surface area contributed by atoms with Crippen molar-refractivity contribution in [1.29, 1.82) is 0 Å². The molecule has 0 aromatic heterocycles. The number of nitrogens with one attached hydrogen (secondary N) is 1. The van der Waals surface area contributed by atoms with Crippen LogP contribution in [-0.4, -0.2) is 16.8 Å². The fourth-order valence-electron chi connectivity index (χ4n) is 7.48. The summed E-state index contributed by atoms with van der Waals surface area (Å²) in [5.41, 5.74) is 6.36. The first kappa shape index (κ1) is 33.6. The van der Waals surface area contributed by atoms with E-state index in [9.17, 15) is 0 Å². The van der Waals surface area contributed by atoms with Crippen molar-refractivity contribution in [2.75, 3.05) is 0 Å². The lowest BCUT2D eigenvalue weighted by molar-refractivity contribution is -0.00351. The van der Waals surface area contributed by atoms with Gasteiger partial charge in [0.2, 0.25) is 5.79 Å². The van der Waals surface area contributed by atoms with Gasteiger partial charge in [0, 0.05) is 29.0 Å². The van der Waals surface area contributed by atoms with Crippen molar-refractivity contribution in [1.82, 2.24) is 10.2 Å². The van der Waals surface area contributed by atoms with Crippen molar-refractivity contribution in [3.63, 3.8) is 0 Å². The topological polar surface area (TPSA) is 40.0 Å². The maximum atomic E-state index is 5.74. The highest BCUT2D eigenvalue weighted by Crippen LogP contribution is 2.61. The van der Waals surface area contributed by atoms with Crippen LogP contribution in [0.1, 0.15) is 45.6 Å². The third-order valence-corrected chi connectivity index (χ3v) is 11.9. The molecule has 2 heterocycles. The number of benzene rings is 6. The molecule has 0 aliphatic carbocycles. The molecule has 1 N–H and O–H groups in total. The number of nitrogens with zero attached hydrogens (tertiary/aromatic N) is 3. The summed E-state index contributed by atoms with van der Waals surface area (Å²) in [6.45, 7) is 0. The van der Waals surface area contributed by atoms with Crippen LogP contribution in [0, 0.1) is 0 Å². The van der Waals surface area contributed by atoms with Crippen molar-refractivity contribution in [3.8, 4) is 0 Å². The third-order valence-electron chi connectivity index (χ3n) is 9.54. The molecule has 0 radical (unpaired) electrons. The minimum atomic E-state index is -1.23. The van der Waals surface area contributed by atoms with Crippen LogP contribution in [0.5, 0.6) is 0 Å². The molecule has 1 saturated heterocycles. The number of aliphatic imine (C=N–C) groups is 2. The smallest absolute Gasteiger partial charge is 0.238 e. The van der Waals surface area contributed by atoms with Gasteiger partial charge in [0.15, 0.2) is 0 Å². The van der Waals surface area contributed by atoms with Gasteiger partial charge >= 0.3 is 0 Å². The fourth-order valence-corrected chi connectivity index (χ4v) is 10.1. The van der Waals surface area contributed by atoms with Crippen LogP contribution >= 0.6 is 63.7 Å². The molecular weight excluding hydrogens is 880 g/mol. The van der Waals surface area contributed by atoms with Crippen LogP contribution in [0.3, 0.4) is 0 Å². The zero-order chi connectivity index (χ0) is 34.3. The predicted octanol–water partition coefficient (Wildman–Crippen LogP) is 11.7. The summed E-state index contributed by atoms with van der Waals surface area (Å²) in [4.78, 5) is 13.8. The summed E-state index contributed by atoms with van der Waals surface area (Å²) in [7, 11) is 0. The zero-order valence-electron chi connectivity index (χ0n) is 26.6. The van der Waals surface area contributed by atoms with E-state index in [1.54, 1.807) is 0 Å². The van der Waals surface area contributed by atoms with Crippen molar-refractivity contribution >= 4 is 75.6 Å².